The van der Waals surface area contributed by atoms with E-state index in [1.807, 2.05) is 42.5 Å². The van der Waals surface area contributed by atoms with E-state index in [1.54, 1.807) is 30.3 Å². The van der Waals surface area contributed by atoms with Gasteiger partial charge in [-0.15, -0.1) is 0 Å². The zero-order valence-corrected chi connectivity index (χ0v) is 18.1. The van der Waals surface area contributed by atoms with Crippen molar-refractivity contribution in [2.24, 2.45) is 0 Å². The number of aromatic amines is 1. The summed E-state index contributed by atoms with van der Waals surface area (Å²) >= 11 is 0. The molecule has 3 aromatic heterocycles. The molecule has 1 aromatic carbocycles. The average molecular weight is 431 g/mol. The minimum atomic E-state index is -0.215. The molecule has 7 heteroatoms. The highest BCUT2D eigenvalue weighted by atomic mass is 16.5. The smallest absolute Gasteiger partial charge is 0.273 e. The van der Waals surface area contributed by atoms with E-state index in [9.17, 15) is 9.59 Å². The molecule has 0 aliphatic carbocycles. The third kappa shape index (κ3) is 5.00. The molecule has 7 nitrogen and oxygen atoms in total. The Hall–Kier alpha value is -3.58. The number of aromatic nitrogens is 4. The van der Waals surface area contributed by atoms with Gasteiger partial charge in [0.05, 0.1) is 18.4 Å². The van der Waals surface area contributed by atoms with Crippen LogP contribution in [0.1, 0.15) is 24.2 Å². The zero-order chi connectivity index (χ0) is 22.3. The Bertz CT molecular complexity index is 1230. The van der Waals surface area contributed by atoms with Crippen molar-refractivity contribution in [1.82, 2.24) is 19.5 Å². The van der Waals surface area contributed by atoms with Gasteiger partial charge in [-0.05, 0) is 37.0 Å². The number of hydrogen-bond donors (Lipinski definition) is 1. The minimum absolute atomic E-state index is 0.00453. The van der Waals surface area contributed by atoms with Crippen LogP contribution in [0, 0.1) is 0 Å². The molecule has 164 valence electrons. The van der Waals surface area contributed by atoms with Gasteiger partial charge < -0.3 is 9.72 Å². The summed E-state index contributed by atoms with van der Waals surface area (Å²) in [6.07, 6.45) is 7.35. The van der Waals surface area contributed by atoms with Gasteiger partial charge in [-0.1, -0.05) is 30.3 Å². The normalized spacial score (nSPS) is 11.2. The summed E-state index contributed by atoms with van der Waals surface area (Å²) in [5.41, 5.74) is 3.73. The SMILES string of the molecule is COCCCc1ncc(-c2ccccc2)n(CC(=O)CCc2cc3cnccc3[nH]2)c1=O. The molecule has 0 saturated heterocycles. The number of pyridine rings is 1. The van der Waals surface area contributed by atoms with Crippen molar-refractivity contribution in [3.63, 3.8) is 0 Å². The van der Waals surface area contributed by atoms with Gasteiger partial charge in [0.15, 0.2) is 5.78 Å². The number of hydrogen-bond acceptors (Lipinski definition) is 5. The number of benzene rings is 1. The summed E-state index contributed by atoms with van der Waals surface area (Å²) in [5.74, 6) is -0.00453. The van der Waals surface area contributed by atoms with Crippen molar-refractivity contribution < 1.29 is 9.53 Å². The highest BCUT2D eigenvalue weighted by molar-refractivity contribution is 5.81. The van der Waals surface area contributed by atoms with Crippen LogP contribution in [0.4, 0.5) is 0 Å². The van der Waals surface area contributed by atoms with Crippen LogP contribution in [-0.4, -0.2) is 39.0 Å². The van der Waals surface area contributed by atoms with E-state index in [0.717, 1.165) is 22.2 Å². The Morgan fingerprint density at radius 3 is 2.75 bits per heavy atom. The van der Waals surface area contributed by atoms with Crippen LogP contribution in [0.25, 0.3) is 22.2 Å². The third-order valence-corrected chi connectivity index (χ3v) is 5.44. The van der Waals surface area contributed by atoms with Crippen molar-refractivity contribution >= 4 is 16.7 Å². The molecular weight excluding hydrogens is 404 g/mol. The highest BCUT2D eigenvalue weighted by Gasteiger charge is 2.15. The van der Waals surface area contributed by atoms with Crippen LogP contribution < -0.4 is 5.56 Å². The largest absolute Gasteiger partial charge is 0.385 e. The monoisotopic (exact) mass is 430 g/mol. The first-order valence-corrected chi connectivity index (χ1v) is 10.7. The summed E-state index contributed by atoms with van der Waals surface area (Å²) in [6, 6.07) is 13.5. The number of methoxy groups -OCH3 is 1. The highest BCUT2D eigenvalue weighted by Crippen LogP contribution is 2.18. The number of ketones is 1. The average Bonchev–Trinajstić information content (AvgIpc) is 3.24. The van der Waals surface area contributed by atoms with Crippen LogP contribution in [-0.2, 0) is 28.9 Å². The number of carbonyl (C=O) groups excluding carboxylic acids is 1. The van der Waals surface area contributed by atoms with Crippen molar-refractivity contribution in [2.75, 3.05) is 13.7 Å². The molecule has 0 spiro atoms. The van der Waals surface area contributed by atoms with Crippen molar-refractivity contribution in [1.29, 1.82) is 0 Å². The summed E-state index contributed by atoms with van der Waals surface area (Å²) in [6.45, 7) is 0.575. The standard InChI is InChI=1S/C25H26N4O3/c1-32-13-5-8-23-25(31)29(24(16-27-23)18-6-3-2-4-7-18)17-21(30)10-9-20-14-19-15-26-12-11-22(19)28-20/h2-4,6-7,11-12,14-16,28H,5,8-10,13,17H2,1H3. The quantitative estimate of drug-likeness (QED) is 0.389. The molecule has 0 radical (unpaired) electrons. The molecule has 0 aliphatic rings. The van der Waals surface area contributed by atoms with E-state index in [4.69, 9.17) is 4.74 Å². The lowest BCUT2D eigenvalue weighted by Crippen LogP contribution is -2.30. The Morgan fingerprint density at radius 2 is 1.97 bits per heavy atom. The predicted octanol–water partition coefficient (Wildman–Crippen LogP) is 3.57. The Balaban J connectivity index is 1.54. The zero-order valence-electron chi connectivity index (χ0n) is 18.1. The Labute approximate surface area is 186 Å². The summed E-state index contributed by atoms with van der Waals surface area (Å²) in [7, 11) is 1.63. The maximum atomic E-state index is 13.2. The molecule has 1 N–H and O–H groups in total. The second-order valence-corrected chi connectivity index (χ2v) is 7.74. The number of rotatable bonds is 10. The molecule has 0 aliphatic heterocycles. The van der Waals surface area contributed by atoms with Crippen LogP contribution in [0.5, 0.6) is 0 Å². The molecule has 4 rings (SSSR count). The first kappa shape index (κ1) is 21.6. The first-order chi connectivity index (χ1) is 15.7. The van der Waals surface area contributed by atoms with E-state index in [2.05, 4.69) is 15.0 Å². The number of nitrogens with one attached hydrogen (secondary N) is 1. The fraction of sp³-hybridized carbons (Fsp3) is 0.280. The number of aryl methyl sites for hydroxylation is 2. The van der Waals surface area contributed by atoms with Crippen molar-refractivity contribution in [3.05, 3.63) is 82.8 Å². The molecular formula is C25H26N4O3. The fourth-order valence-corrected chi connectivity index (χ4v) is 3.78. The summed E-state index contributed by atoms with van der Waals surface area (Å²) in [5, 5.41) is 1.02. The molecule has 0 atom stereocenters. The van der Waals surface area contributed by atoms with Gasteiger partial charge in [0.25, 0.3) is 5.56 Å². The number of Topliss-reactive ketones (excluding diaryl/α,β-unsaturated/α-hetero) is 1. The predicted molar refractivity (Wildman–Crippen MR) is 124 cm³/mol. The molecule has 3 heterocycles. The maximum Gasteiger partial charge on any atom is 0.273 e. The third-order valence-electron chi connectivity index (χ3n) is 5.44. The molecule has 0 fully saturated rings. The van der Waals surface area contributed by atoms with E-state index < -0.39 is 0 Å². The lowest BCUT2D eigenvalue weighted by Gasteiger charge is -2.14. The Kier molecular flexibility index (Phi) is 6.87. The lowest BCUT2D eigenvalue weighted by molar-refractivity contribution is -0.119. The van der Waals surface area contributed by atoms with E-state index in [1.165, 1.54) is 0 Å². The number of ether oxygens (including phenoxy) is 1. The second kappa shape index (κ2) is 10.2. The molecule has 0 amide bonds. The van der Waals surface area contributed by atoms with Gasteiger partial charge in [-0.2, -0.15) is 0 Å². The number of nitrogens with zero attached hydrogens (tertiary/aromatic N) is 3. The van der Waals surface area contributed by atoms with Crippen LogP contribution in [0.15, 0.2) is 65.8 Å². The summed E-state index contributed by atoms with van der Waals surface area (Å²) in [4.78, 5) is 37.9. The molecule has 0 unspecified atom stereocenters. The van der Waals surface area contributed by atoms with Gasteiger partial charge >= 0.3 is 0 Å². The van der Waals surface area contributed by atoms with E-state index >= 15 is 0 Å². The molecule has 32 heavy (non-hydrogen) atoms. The van der Waals surface area contributed by atoms with Gasteiger partial charge in [0.1, 0.15) is 5.69 Å². The molecule has 0 bridgehead atoms. The number of fused-ring (bicyclic) bond motifs is 1. The number of H-pyrrole nitrogens is 1. The van der Waals surface area contributed by atoms with Crippen LogP contribution >= 0.6 is 0 Å². The van der Waals surface area contributed by atoms with Gasteiger partial charge in [0.2, 0.25) is 0 Å². The van der Waals surface area contributed by atoms with Gasteiger partial charge in [-0.3, -0.25) is 24.1 Å². The topological polar surface area (TPSA) is 89.9 Å². The van der Waals surface area contributed by atoms with Crippen LogP contribution in [0.2, 0.25) is 0 Å². The lowest BCUT2D eigenvalue weighted by atomic mass is 10.1. The first-order valence-electron chi connectivity index (χ1n) is 10.7. The van der Waals surface area contributed by atoms with Crippen LogP contribution in [0.3, 0.4) is 0 Å². The van der Waals surface area contributed by atoms with Gasteiger partial charge in [-0.25, -0.2) is 0 Å². The van der Waals surface area contributed by atoms with Gasteiger partial charge in [0, 0.05) is 49.1 Å². The van der Waals surface area contributed by atoms with Crippen molar-refractivity contribution in [3.8, 4) is 11.3 Å². The fourth-order valence-electron chi connectivity index (χ4n) is 3.78. The van der Waals surface area contributed by atoms with E-state index in [0.29, 0.717) is 43.7 Å². The second-order valence-electron chi connectivity index (χ2n) is 7.74. The maximum absolute atomic E-state index is 13.2. The molecule has 4 aromatic rings. The Morgan fingerprint density at radius 1 is 1.12 bits per heavy atom. The number of carbonyl (C=O) groups is 1. The minimum Gasteiger partial charge on any atom is -0.385 e. The van der Waals surface area contributed by atoms with Crippen molar-refractivity contribution in [2.45, 2.75) is 32.2 Å². The molecule has 0 saturated carbocycles. The van der Waals surface area contributed by atoms with E-state index in [-0.39, 0.29) is 17.9 Å². The summed E-state index contributed by atoms with van der Waals surface area (Å²) < 4.78 is 6.65.